The van der Waals surface area contributed by atoms with E-state index < -0.39 is 0 Å². The Morgan fingerprint density at radius 3 is 2.36 bits per heavy atom. The van der Waals surface area contributed by atoms with Crippen LogP contribution in [0.25, 0.3) is 17.1 Å². The topological polar surface area (TPSA) is 57.0 Å². The van der Waals surface area contributed by atoms with Crippen LogP contribution in [0.3, 0.4) is 0 Å². The number of para-hydroxylation sites is 1. The van der Waals surface area contributed by atoms with E-state index in [1.165, 1.54) is 11.8 Å². The van der Waals surface area contributed by atoms with Gasteiger partial charge in [0.2, 0.25) is 5.16 Å². The molecule has 0 radical (unpaired) electrons. The lowest BCUT2D eigenvalue weighted by Crippen LogP contribution is -2.13. The summed E-state index contributed by atoms with van der Waals surface area (Å²) in [5.74, 6) is 0.662. The molecule has 3 rings (SSSR count). The Morgan fingerprint density at radius 2 is 1.72 bits per heavy atom. The molecule has 0 aliphatic carbocycles. The molecule has 25 heavy (non-hydrogen) atoms. The molecule has 0 amide bonds. The normalized spacial score (nSPS) is 10.8. The molecule has 0 spiro atoms. The minimum Gasteiger partial charge on any atom is -0.462 e. The van der Waals surface area contributed by atoms with Crippen LogP contribution in [0.1, 0.15) is 13.8 Å². The first-order valence-electron chi connectivity index (χ1n) is 8.03. The Morgan fingerprint density at radius 1 is 1.08 bits per heavy atom. The van der Waals surface area contributed by atoms with Gasteiger partial charge >= 0.3 is 5.97 Å². The van der Waals surface area contributed by atoms with E-state index in [2.05, 4.69) is 10.1 Å². The molecule has 128 valence electrons. The average molecular weight is 353 g/mol. The highest BCUT2D eigenvalue weighted by Crippen LogP contribution is 2.24. The molecule has 0 fully saturated rings. The van der Waals surface area contributed by atoms with E-state index in [9.17, 15) is 4.79 Å². The summed E-state index contributed by atoms with van der Waals surface area (Å²) in [5.41, 5.74) is 1.89. The van der Waals surface area contributed by atoms with E-state index in [1.807, 2.05) is 74.5 Å². The highest BCUT2D eigenvalue weighted by atomic mass is 32.2. The van der Waals surface area contributed by atoms with Crippen molar-refractivity contribution in [2.75, 3.05) is 5.75 Å². The van der Waals surface area contributed by atoms with Crippen LogP contribution in [0.5, 0.6) is 0 Å². The number of hydrogen-bond acceptors (Lipinski definition) is 5. The minimum absolute atomic E-state index is 0.122. The van der Waals surface area contributed by atoms with Crippen LogP contribution in [-0.4, -0.2) is 32.6 Å². The average Bonchev–Trinajstić information content (AvgIpc) is 3.05. The predicted octanol–water partition coefficient (Wildman–Crippen LogP) is 3.98. The molecule has 0 saturated carbocycles. The summed E-state index contributed by atoms with van der Waals surface area (Å²) in [6.45, 7) is 3.66. The molecule has 0 unspecified atom stereocenters. The van der Waals surface area contributed by atoms with Crippen molar-refractivity contribution in [2.45, 2.75) is 25.1 Å². The standard InChI is InChI=1S/C19H19N3O2S/c1-14(2)24-17(23)13-25-19-20-18(15-9-5-3-6-10-15)22(21-19)16-11-7-4-8-12-16/h3-12,14H,13H2,1-2H3. The van der Waals surface area contributed by atoms with Gasteiger partial charge in [0.25, 0.3) is 0 Å². The van der Waals surface area contributed by atoms with E-state index in [1.54, 1.807) is 4.68 Å². The van der Waals surface area contributed by atoms with Gasteiger partial charge in [-0.15, -0.1) is 5.10 Å². The molecule has 2 aromatic carbocycles. The number of nitrogens with zero attached hydrogens (tertiary/aromatic N) is 3. The molecule has 0 aliphatic heterocycles. The molecule has 0 N–H and O–H groups in total. The summed E-state index contributed by atoms with van der Waals surface area (Å²) in [5, 5.41) is 5.11. The number of rotatable bonds is 6. The molecule has 0 saturated heterocycles. The second-order valence-corrected chi connectivity index (χ2v) is 6.60. The third-order valence-electron chi connectivity index (χ3n) is 3.31. The summed E-state index contributed by atoms with van der Waals surface area (Å²) < 4.78 is 6.95. The fraction of sp³-hybridized carbons (Fsp3) is 0.211. The van der Waals surface area contributed by atoms with Crippen LogP contribution in [0, 0.1) is 0 Å². The fourth-order valence-corrected chi connectivity index (χ4v) is 2.90. The van der Waals surface area contributed by atoms with Gasteiger partial charge < -0.3 is 4.74 Å². The van der Waals surface area contributed by atoms with Gasteiger partial charge in [0.05, 0.1) is 17.5 Å². The number of benzene rings is 2. The van der Waals surface area contributed by atoms with Crippen molar-refractivity contribution < 1.29 is 9.53 Å². The summed E-state index contributed by atoms with van der Waals surface area (Å²) in [6.07, 6.45) is -0.122. The van der Waals surface area contributed by atoms with Crippen LogP contribution in [0.4, 0.5) is 0 Å². The Balaban J connectivity index is 1.89. The van der Waals surface area contributed by atoms with E-state index in [0.717, 1.165) is 17.1 Å². The second kappa shape index (κ2) is 7.98. The molecule has 1 aromatic heterocycles. The summed E-state index contributed by atoms with van der Waals surface area (Å²) in [7, 11) is 0. The van der Waals surface area contributed by atoms with Crippen LogP contribution in [0.2, 0.25) is 0 Å². The summed E-state index contributed by atoms with van der Waals surface area (Å²) >= 11 is 1.28. The van der Waals surface area contributed by atoms with Crippen molar-refractivity contribution in [2.24, 2.45) is 0 Å². The maximum Gasteiger partial charge on any atom is 0.316 e. The number of aromatic nitrogens is 3. The van der Waals surface area contributed by atoms with Gasteiger partial charge in [0.15, 0.2) is 5.82 Å². The first-order valence-corrected chi connectivity index (χ1v) is 9.02. The van der Waals surface area contributed by atoms with Crippen LogP contribution >= 0.6 is 11.8 Å². The number of thioether (sulfide) groups is 1. The van der Waals surface area contributed by atoms with Crippen molar-refractivity contribution in [3.8, 4) is 17.1 Å². The molecule has 3 aromatic rings. The van der Waals surface area contributed by atoms with Gasteiger partial charge in [-0.1, -0.05) is 60.3 Å². The van der Waals surface area contributed by atoms with Crippen LogP contribution in [0.15, 0.2) is 65.8 Å². The Kier molecular flexibility index (Phi) is 5.50. The van der Waals surface area contributed by atoms with E-state index in [-0.39, 0.29) is 17.8 Å². The lowest BCUT2D eigenvalue weighted by molar-refractivity contribution is -0.144. The van der Waals surface area contributed by atoms with Gasteiger partial charge in [0, 0.05) is 5.56 Å². The van der Waals surface area contributed by atoms with Crippen LogP contribution in [-0.2, 0) is 9.53 Å². The number of carbonyl (C=O) groups is 1. The van der Waals surface area contributed by atoms with Crippen LogP contribution < -0.4 is 0 Å². The molecule has 5 nitrogen and oxygen atoms in total. The molecule has 0 aliphatic rings. The van der Waals surface area contributed by atoms with Gasteiger partial charge in [0.1, 0.15) is 0 Å². The maximum absolute atomic E-state index is 11.8. The lowest BCUT2D eigenvalue weighted by Gasteiger charge is -2.06. The van der Waals surface area contributed by atoms with E-state index >= 15 is 0 Å². The van der Waals surface area contributed by atoms with Gasteiger partial charge in [-0.2, -0.15) is 0 Å². The molecule has 6 heteroatoms. The minimum atomic E-state index is -0.266. The molecule has 0 atom stereocenters. The third-order valence-corrected chi connectivity index (χ3v) is 4.12. The molecular formula is C19H19N3O2S. The van der Waals surface area contributed by atoms with Crippen molar-refractivity contribution in [1.82, 2.24) is 14.8 Å². The third kappa shape index (κ3) is 4.48. The van der Waals surface area contributed by atoms with Crippen molar-refractivity contribution in [3.05, 3.63) is 60.7 Å². The van der Waals surface area contributed by atoms with Gasteiger partial charge in [-0.25, -0.2) is 9.67 Å². The SMILES string of the molecule is CC(C)OC(=O)CSc1nc(-c2ccccc2)n(-c2ccccc2)n1. The van der Waals surface area contributed by atoms with E-state index in [0.29, 0.717) is 5.16 Å². The molecule has 0 bridgehead atoms. The highest BCUT2D eigenvalue weighted by molar-refractivity contribution is 7.99. The fourth-order valence-electron chi connectivity index (χ4n) is 2.30. The zero-order valence-electron chi connectivity index (χ0n) is 14.1. The quantitative estimate of drug-likeness (QED) is 0.496. The van der Waals surface area contributed by atoms with Crippen molar-refractivity contribution >= 4 is 17.7 Å². The number of hydrogen-bond donors (Lipinski definition) is 0. The first-order chi connectivity index (χ1) is 12.1. The molecule has 1 heterocycles. The van der Waals surface area contributed by atoms with Gasteiger partial charge in [-0.3, -0.25) is 4.79 Å². The van der Waals surface area contributed by atoms with Crippen molar-refractivity contribution in [1.29, 1.82) is 0 Å². The molecular weight excluding hydrogens is 334 g/mol. The van der Waals surface area contributed by atoms with Crippen molar-refractivity contribution in [3.63, 3.8) is 0 Å². The number of ether oxygens (including phenoxy) is 1. The number of esters is 1. The van der Waals surface area contributed by atoms with E-state index in [4.69, 9.17) is 4.74 Å². The summed E-state index contributed by atoms with van der Waals surface area (Å²) in [6, 6.07) is 19.7. The van der Waals surface area contributed by atoms with Gasteiger partial charge in [-0.05, 0) is 26.0 Å². The second-order valence-electron chi connectivity index (χ2n) is 5.66. The number of carbonyl (C=O) groups excluding carboxylic acids is 1. The zero-order valence-corrected chi connectivity index (χ0v) is 14.9. The monoisotopic (exact) mass is 353 g/mol. The largest absolute Gasteiger partial charge is 0.462 e. The predicted molar refractivity (Wildman–Crippen MR) is 98.7 cm³/mol. The lowest BCUT2D eigenvalue weighted by atomic mass is 10.2. The first kappa shape index (κ1) is 17.2. The Hall–Kier alpha value is -2.60. The smallest absolute Gasteiger partial charge is 0.316 e. The Bertz CT molecular complexity index is 775. The zero-order chi connectivity index (χ0) is 17.6. The maximum atomic E-state index is 11.8. The summed E-state index contributed by atoms with van der Waals surface area (Å²) in [4.78, 5) is 16.4. The Labute approximate surface area is 151 Å². The highest BCUT2D eigenvalue weighted by Gasteiger charge is 2.15.